The highest BCUT2D eigenvalue weighted by molar-refractivity contribution is 6.24. The molecule has 0 saturated heterocycles. The Balaban J connectivity index is 1.98. The smallest absolute Gasteiger partial charge is 0.255 e. The molecule has 6 atom stereocenters. The van der Waals surface area contributed by atoms with Crippen molar-refractivity contribution in [3.05, 3.63) is 40.2 Å². The minimum Gasteiger partial charge on any atom is -0.508 e. The number of Topliss-reactive ketones (excluding diaryl/α,β-unsaturated/α-hetero) is 2. The van der Waals surface area contributed by atoms with Gasteiger partial charge in [0.1, 0.15) is 29.4 Å². The molecule has 38 heavy (non-hydrogen) atoms. The van der Waals surface area contributed by atoms with Gasteiger partial charge in [-0.1, -0.05) is 13.0 Å². The first-order chi connectivity index (χ1) is 17.7. The third-order valence-corrected chi connectivity index (χ3v) is 7.64. The van der Waals surface area contributed by atoms with Gasteiger partial charge in [-0.05, 0) is 31.6 Å². The van der Waals surface area contributed by atoms with Gasteiger partial charge in [-0.2, -0.15) is 5.48 Å². The summed E-state index contributed by atoms with van der Waals surface area (Å²) in [6, 6.07) is 1.33. The van der Waals surface area contributed by atoms with Crippen LogP contribution in [0.2, 0.25) is 0 Å². The van der Waals surface area contributed by atoms with E-state index in [0.29, 0.717) is 0 Å². The third kappa shape index (κ3) is 3.53. The summed E-state index contributed by atoms with van der Waals surface area (Å²) >= 11 is 0. The van der Waals surface area contributed by atoms with Crippen LogP contribution in [-0.4, -0.2) is 97.4 Å². The quantitative estimate of drug-likeness (QED) is 0.118. The Bertz CT molecular complexity index is 1340. The second-order valence-corrected chi connectivity index (χ2v) is 9.86. The molecule has 10 N–H and O–H groups in total. The van der Waals surface area contributed by atoms with Crippen molar-refractivity contribution in [2.75, 3.05) is 26.0 Å². The number of aliphatic hydroxyl groups is 4. The number of aliphatic hydroxyl groups excluding tert-OH is 3. The molecule has 1 saturated carbocycles. The summed E-state index contributed by atoms with van der Waals surface area (Å²) in [7, 11) is 2.84. The Morgan fingerprint density at radius 3 is 2.34 bits per heavy atom. The van der Waals surface area contributed by atoms with Crippen molar-refractivity contribution < 1.29 is 49.9 Å². The van der Waals surface area contributed by atoms with E-state index in [1.807, 2.05) is 0 Å². The number of hydroxylamine groups is 1. The van der Waals surface area contributed by atoms with E-state index in [0.717, 1.165) is 0 Å². The molecule has 5 unspecified atom stereocenters. The highest BCUT2D eigenvalue weighted by Gasteiger charge is 2.68. The van der Waals surface area contributed by atoms with Gasteiger partial charge < -0.3 is 41.8 Å². The number of rotatable bonds is 5. The number of primary amides is 1. The summed E-state index contributed by atoms with van der Waals surface area (Å²) in [6.45, 7) is 1.07. The summed E-state index contributed by atoms with van der Waals surface area (Å²) in [5.74, 6) is -10.8. The summed E-state index contributed by atoms with van der Waals surface area (Å²) in [5, 5.41) is 67.2. The number of aromatic hydroxyl groups is 1. The van der Waals surface area contributed by atoms with Crippen LogP contribution in [0.25, 0.3) is 5.76 Å². The van der Waals surface area contributed by atoms with Crippen molar-refractivity contribution in [1.82, 2.24) is 10.4 Å². The van der Waals surface area contributed by atoms with Gasteiger partial charge in [0.25, 0.3) is 5.91 Å². The largest absolute Gasteiger partial charge is 0.508 e. The predicted molar refractivity (Wildman–Crippen MR) is 129 cm³/mol. The molecule has 14 heteroatoms. The van der Waals surface area contributed by atoms with Crippen LogP contribution in [0.15, 0.2) is 29.0 Å². The number of anilines is 1. The molecule has 0 bridgehead atoms. The number of phenolic OH excluding ortho intramolecular Hbond substituents is 1. The number of nitrogens with two attached hydrogens (primary N) is 1. The first-order valence-corrected chi connectivity index (χ1v) is 11.6. The molecule has 0 radical (unpaired) electrons. The van der Waals surface area contributed by atoms with Gasteiger partial charge in [0.15, 0.2) is 11.4 Å². The molecule has 1 aromatic rings. The van der Waals surface area contributed by atoms with Gasteiger partial charge in [0.05, 0.1) is 29.3 Å². The maximum Gasteiger partial charge on any atom is 0.255 e. The molecule has 0 aromatic heterocycles. The van der Waals surface area contributed by atoms with Crippen LogP contribution in [0.1, 0.15) is 24.0 Å². The van der Waals surface area contributed by atoms with Crippen molar-refractivity contribution in [3.63, 3.8) is 0 Å². The second kappa shape index (κ2) is 9.18. The lowest BCUT2D eigenvalue weighted by atomic mass is 9.54. The fraction of sp³-hybridized carbons (Fsp3) is 0.417. The van der Waals surface area contributed by atoms with Crippen molar-refractivity contribution in [2.45, 2.75) is 30.6 Å². The number of hydrogen-bond donors (Lipinski definition) is 9. The monoisotopic (exact) mass is 532 g/mol. The van der Waals surface area contributed by atoms with E-state index in [1.165, 1.54) is 31.1 Å². The Hall–Kier alpha value is -3.82. The number of hydrogen-bond acceptors (Lipinski definition) is 12. The Labute approximate surface area is 215 Å². The van der Waals surface area contributed by atoms with E-state index < -0.39 is 93.8 Å². The lowest BCUT2D eigenvalue weighted by Crippen LogP contribution is -2.70. The Kier molecular flexibility index (Phi) is 6.58. The normalized spacial score (nSPS) is 30.7. The number of nitrogens with zero attached hydrogens (tertiary/aromatic N) is 1. The lowest BCUT2D eigenvalue weighted by Gasteiger charge is -2.53. The van der Waals surface area contributed by atoms with Crippen LogP contribution in [0.4, 0.5) is 5.69 Å². The van der Waals surface area contributed by atoms with Crippen molar-refractivity contribution in [2.24, 2.45) is 17.6 Å². The fourth-order valence-electron chi connectivity index (χ4n) is 5.98. The maximum absolute atomic E-state index is 13.9. The van der Waals surface area contributed by atoms with E-state index in [2.05, 4.69) is 5.32 Å². The summed E-state index contributed by atoms with van der Waals surface area (Å²) in [4.78, 5) is 52.3. The molecule has 3 aliphatic rings. The van der Waals surface area contributed by atoms with Crippen LogP contribution < -0.4 is 16.5 Å². The summed E-state index contributed by atoms with van der Waals surface area (Å²) < 4.78 is 0. The van der Waals surface area contributed by atoms with Gasteiger partial charge in [-0.15, -0.1) is 0 Å². The van der Waals surface area contributed by atoms with Crippen LogP contribution in [0.3, 0.4) is 0 Å². The average Bonchev–Trinajstić information content (AvgIpc) is 2.82. The third-order valence-electron chi connectivity index (χ3n) is 7.64. The molecule has 1 fully saturated rings. The SMILES string of the molecule is CC1c2ccc(NC(=O)CNO)c(O)c2C(O)=C2C(=O)C3(O)C(O)=C(C(N)=O)C(=O)[C@@H](N(C)C)C3C(O)C21. The van der Waals surface area contributed by atoms with Crippen LogP contribution in [0.5, 0.6) is 5.75 Å². The van der Waals surface area contributed by atoms with E-state index in [1.54, 1.807) is 12.4 Å². The van der Waals surface area contributed by atoms with Gasteiger partial charge in [0.2, 0.25) is 11.7 Å². The van der Waals surface area contributed by atoms with Crippen LogP contribution in [-0.2, 0) is 19.2 Å². The highest BCUT2D eigenvalue weighted by Crippen LogP contribution is 2.56. The number of nitrogens with one attached hydrogen (secondary N) is 2. The van der Waals surface area contributed by atoms with Crippen molar-refractivity contribution in [3.8, 4) is 5.75 Å². The fourth-order valence-corrected chi connectivity index (χ4v) is 5.98. The van der Waals surface area contributed by atoms with Crippen molar-refractivity contribution in [1.29, 1.82) is 0 Å². The number of phenols is 1. The zero-order chi connectivity index (χ0) is 28.4. The topological polar surface area (TPSA) is 243 Å². The lowest BCUT2D eigenvalue weighted by molar-refractivity contribution is -0.169. The second-order valence-electron chi connectivity index (χ2n) is 9.86. The summed E-state index contributed by atoms with van der Waals surface area (Å²) in [5.41, 5.74) is 2.22. The molecular weight excluding hydrogens is 504 g/mol. The molecule has 2 amide bonds. The standard InChI is InChI=1S/C24H28N4O10/c1-7-8-4-5-9(27-10(29)6-26-38)17(30)12(8)18(31)13-11(7)19(32)15-16(28(2)3)20(33)14(23(25)36)22(35)24(15,37)21(13)34/h4-5,7,11,15-16,19,26,30-32,35,37-38H,6H2,1-3H3,(H2,25,36)(H,27,29)/t7?,11?,15?,16-,19?,24?/m0/s1. The zero-order valence-electron chi connectivity index (χ0n) is 20.6. The number of fused-ring (bicyclic) bond motifs is 3. The molecule has 0 spiro atoms. The van der Waals surface area contributed by atoms with Gasteiger partial charge >= 0.3 is 0 Å². The molecule has 14 nitrogen and oxygen atoms in total. The Morgan fingerprint density at radius 2 is 1.79 bits per heavy atom. The number of ketones is 2. The molecule has 0 aliphatic heterocycles. The van der Waals surface area contributed by atoms with E-state index >= 15 is 0 Å². The molecule has 1 aromatic carbocycles. The molecule has 3 aliphatic carbocycles. The number of amides is 2. The highest BCUT2D eigenvalue weighted by atomic mass is 16.5. The minimum absolute atomic E-state index is 0.170. The van der Waals surface area contributed by atoms with E-state index in [4.69, 9.17) is 10.9 Å². The van der Waals surface area contributed by atoms with Crippen LogP contribution >= 0.6 is 0 Å². The maximum atomic E-state index is 13.9. The van der Waals surface area contributed by atoms with Crippen LogP contribution in [0, 0.1) is 11.8 Å². The van der Waals surface area contributed by atoms with E-state index in [-0.39, 0.29) is 16.8 Å². The first-order valence-electron chi connectivity index (χ1n) is 11.6. The number of carbonyl (C=O) groups excluding carboxylic acids is 4. The van der Waals surface area contributed by atoms with Gasteiger partial charge in [-0.25, -0.2) is 0 Å². The van der Waals surface area contributed by atoms with Crippen molar-refractivity contribution >= 4 is 34.8 Å². The summed E-state index contributed by atoms with van der Waals surface area (Å²) in [6.07, 6.45) is -1.71. The van der Waals surface area contributed by atoms with E-state index in [9.17, 15) is 44.7 Å². The Morgan fingerprint density at radius 1 is 1.16 bits per heavy atom. The molecular formula is C24H28N4O10. The number of benzene rings is 1. The first kappa shape index (κ1) is 27.2. The zero-order valence-corrected chi connectivity index (χ0v) is 20.6. The average molecular weight is 533 g/mol. The molecule has 4 rings (SSSR count). The molecule has 204 valence electrons. The van der Waals surface area contributed by atoms with Gasteiger partial charge in [-0.3, -0.25) is 24.1 Å². The molecule has 0 heterocycles. The van der Waals surface area contributed by atoms with Gasteiger partial charge in [0, 0.05) is 11.5 Å². The number of likely N-dealkylation sites (N-methyl/N-ethyl adjacent to an activating group) is 1. The number of carbonyl (C=O) groups is 4. The minimum atomic E-state index is -3.02. The predicted octanol–water partition coefficient (Wildman–Crippen LogP) is -1.59.